The molecule has 0 bridgehead atoms. The Morgan fingerprint density at radius 1 is 1.22 bits per heavy atom. The number of hydrogen-bond donors (Lipinski definition) is 0. The van der Waals surface area contributed by atoms with Crippen molar-refractivity contribution in [1.29, 1.82) is 0 Å². The van der Waals surface area contributed by atoms with Crippen LogP contribution in [0.25, 0.3) is 0 Å². The molecular weight excluding hydrogens is 230 g/mol. The summed E-state index contributed by atoms with van der Waals surface area (Å²) in [5, 5.41) is 0. The van der Waals surface area contributed by atoms with E-state index in [9.17, 15) is 9.59 Å². The first-order chi connectivity index (χ1) is 8.54. The van der Waals surface area contributed by atoms with E-state index in [1.54, 1.807) is 31.4 Å². The van der Waals surface area contributed by atoms with Crippen molar-refractivity contribution in [1.82, 2.24) is 0 Å². The van der Waals surface area contributed by atoms with Gasteiger partial charge in [0.15, 0.2) is 0 Å². The lowest BCUT2D eigenvalue weighted by Crippen LogP contribution is -2.31. The van der Waals surface area contributed by atoms with Crippen LogP contribution >= 0.6 is 0 Å². The first-order valence-corrected chi connectivity index (χ1v) is 6.05. The van der Waals surface area contributed by atoms with E-state index in [1.807, 2.05) is 13.8 Å². The van der Waals surface area contributed by atoms with Gasteiger partial charge in [0, 0.05) is 6.42 Å². The minimum Gasteiger partial charge on any atom is -0.497 e. The predicted molar refractivity (Wildman–Crippen MR) is 68.4 cm³/mol. The Balaban J connectivity index is 2.27. The molecule has 2 amide bonds. The average Bonchev–Trinajstić information content (AvgIpc) is 2.65. The molecule has 4 nitrogen and oxygen atoms in total. The van der Waals surface area contributed by atoms with E-state index in [-0.39, 0.29) is 23.7 Å². The Morgan fingerprint density at radius 2 is 1.83 bits per heavy atom. The molecule has 4 heteroatoms. The second kappa shape index (κ2) is 4.80. The maximum absolute atomic E-state index is 12.2. The zero-order chi connectivity index (χ0) is 13.3. The molecule has 1 aliphatic heterocycles. The molecule has 0 aromatic heterocycles. The second-order valence-electron chi connectivity index (χ2n) is 4.82. The van der Waals surface area contributed by atoms with Crippen LogP contribution in [-0.2, 0) is 9.59 Å². The van der Waals surface area contributed by atoms with Gasteiger partial charge < -0.3 is 4.74 Å². The summed E-state index contributed by atoms with van der Waals surface area (Å²) in [6.45, 7) is 3.93. The molecule has 96 valence electrons. The fourth-order valence-electron chi connectivity index (χ4n) is 2.18. The average molecular weight is 247 g/mol. The van der Waals surface area contributed by atoms with Crippen LogP contribution in [0.1, 0.15) is 20.3 Å². The fourth-order valence-corrected chi connectivity index (χ4v) is 2.18. The normalized spacial score (nSPS) is 19.8. The minimum atomic E-state index is -0.195. The Morgan fingerprint density at radius 3 is 2.28 bits per heavy atom. The monoisotopic (exact) mass is 247 g/mol. The number of hydrogen-bond acceptors (Lipinski definition) is 3. The van der Waals surface area contributed by atoms with Crippen molar-refractivity contribution < 1.29 is 14.3 Å². The lowest BCUT2D eigenvalue weighted by molar-refractivity contribution is -0.122. The maximum Gasteiger partial charge on any atom is 0.237 e. The van der Waals surface area contributed by atoms with Gasteiger partial charge in [-0.1, -0.05) is 13.8 Å². The molecule has 0 aliphatic carbocycles. The first-order valence-electron chi connectivity index (χ1n) is 6.05. The highest BCUT2D eigenvalue weighted by molar-refractivity contribution is 6.21. The van der Waals surface area contributed by atoms with Crippen LogP contribution in [0.15, 0.2) is 24.3 Å². The van der Waals surface area contributed by atoms with Gasteiger partial charge in [0.2, 0.25) is 11.8 Å². The van der Waals surface area contributed by atoms with Gasteiger partial charge in [-0.05, 0) is 30.2 Å². The number of methoxy groups -OCH3 is 1. The molecular formula is C14H17NO3. The third kappa shape index (κ3) is 2.10. The van der Waals surface area contributed by atoms with Crippen molar-refractivity contribution in [3.8, 4) is 5.75 Å². The van der Waals surface area contributed by atoms with E-state index < -0.39 is 0 Å². The predicted octanol–water partition coefficient (Wildman–Crippen LogP) is 2.23. The molecule has 1 aliphatic rings. The molecule has 1 aromatic rings. The molecule has 0 unspecified atom stereocenters. The van der Waals surface area contributed by atoms with Crippen LogP contribution in [-0.4, -0.2) is 18.9 Å². The number of carbonyl (C=O) groups excluding carboxylic acids is 2. The van der Waals surface area contributed by atoms with E-state index in [2.05, 4.69) is 0 Å². The van der Waals surface area contributed by atoms with E-state index in [0.29, 0.717) is 17.9 Å². The van der Waals surface area contributed by atoms with Crippen molar-refractivity contribution in [2.45, 2.75) is 20.3 Å². The smallest absolute Gasteiger partial charge is 0.237 e. The van der Waals surface area contributed by atoms with Crippen molar-refractivity contribution in [2.24, 2.45) is 11.8 Å². The summed E-state index contributed by atoms with van der Waals surface area (Å²) in [5.74, 6) is 0.478. The van der Waals surface area contributed by atoms with Gasteiger partial charge in [0.1, 0.15) is 5.75 Å². The quantitative estimate of drug-likeness (QED) is 0.769. The minimum absolute atomic E-state index is 0.0971. The standard InChI is InChI=1S/C14H17NO3/c1-9(2)12-8-13(16)15(14(12)17)10-4-6-11(18-3)7-5-10/h4-7,9,12H,8H2,1-3H3/t12-/m0/s1. The van der Waals surface area contributed by atoms with Crippen LogP contribution in [0.2, 0.25) is 0 Å². The number of benzene rings is 1. The summed E-state index contributed by atoms with van der Waals surface area (Å²) in [5.41, 5.74) is 0.619. The molecule has 1 aromatic carbocycles. The van der Waals surface area contributed by atoms with Crippen LogP contribution in [0.3, 0.4) is 0 Å². The summed E-state index contributed by atoms with van der Waals surface area (Å²) in [7, 11) is 1.58. The largest absolute Gasteiger partial charge is 0.497 e. The number of imide groups is 1. The Hall–Kier alpha value is -1.84. The summed E-state index contributed by atoms with van der Waals surface area (Å²) in [4.78, 5) is 25.4. The lowest BCUT2D eigenvalue weighted by atomic mass is 9.94. The SMILES string of the molecule is COc1ccc(N2C(=O)C[C@@H](C(C)C)C2=O)cc1. The first kappa shape index (κ1) is 12.6. The maximum atomic E-state index is 12.2. The fraction of sp³-hybridized carbons (Fsp3) is 0.429. The van der Waals surface area contributed by atoms with Crippen molar-refractivity contribution >= 4 is 17.5 Å². The number of rotatable bonds is 3. The summed E-state index contributed by atoms with van der Waals surface area (Å²) in [6, 6.07) is 6.96. The molecule has 0 saturated carbocycles. The molecule has 0 spiro atoms. The van der Waals surface area contributed by atoms with Crippen LogP contribution in [0.5, 0.6) is 5.75 Å². The molecule has 1 atom stereocenters. The number of nitrogens with zero attached hydrogens (tertiary/aromatic N) is 1. The highest BCUT2D eigenvalue weighted by Crippen LogP contribution is 2.31. The van der Waals surface area contributed by atoms with E-state index in [0.717, 1.165) is 0 Å². The van der Waals surface area contributed by atoms with E-state index >= 15 is 0 Å². The summed E-state index contributed by atoms with van der Waals surface area (Å²) < 4.78 is 5.06. The van der Waals surface area contributed by atoms with Gasteiger partial charge in [-0.2, -0.15) is 0 Å². The zero-order valence-electron chi connectivity index (χ0n) is 10.8. The molecule has 1 saturated heterocycles. The topological polar surface area (TPSA) is 46.6 Å². The Bertz CT molecular complexity index is 464. The van der Waals surface area contributed by atoms with Gasteiger partial charge >= 0.3 is 0 Å². The highest BCUT2D eigenvalue weighted by atomic mass is 16.5. The molecule has 1 heterocycles. The Labute approximate surface area is 107 Å². The highest BCUT2D eigenvalue weighted by Gasteiger charge is 2.40. The van der Waals surface area contributed by atoms with E-state index in [1.165, 1.54) is 4.90 Å². The molecule has 2 rings (SSSR count). The lowest BCUT2D eigenvalue weighted by Gasteiger charge is -2.16. The van der Waals surface area contributed by atoms with Gasteiger partial charge in [-0.15, -0.1) is 0 Å². The van der Waals surface area contributed by atoms with Crippen LogP contribution in [0, 0.1) is 11.8 Å². The number of ether oxygens (including phenoxy) is 1. The molecule has 18 heavy (non-hydrogen) atoms. The van der Waals surface area contributed by atoms with Gasteiger partial charge in [-0.3, -0.25) is 14.5 Å². The van der Waals surface area contributed by atoms with E-state index in [4.69, 9.17) is 4.74 Å². The third-order valence-corrected chi connectivity index (χ3v) is 3.32. The molecule has 1 fully saturated rings. The van der Waals surface area contributed by atoms with Gasteiger partial charge in [0.05, 0.1) is 18.7 Å². The summed E-state index contributed by atoms with van der Waals surface area (Å²) in [6.07, 6.45) is 0.308. The van der Waals surface area contributed by atoms with Crippen molar-refractivity contribution in [2.75, 3.05) is 12.0 Å². The Kier molecular flexibility index (Phi) is 3.36. The number of anilines is 1. The number of amides is 2. The van der Waals surface area contributed by atoms with Crippen molar-refractivity contribution in [3.63, 3.8) is 0 Å². The number of carbonyl (C=O) groups is 2. The van der Waals surface area contributed by atoms with Crippen LogP contribution in [0.4, 0.5) is 5.69 Å². The molecule has 0 N–H and O–H groups in total. The second-order valence-corrected chi connectivity index (χ2v) is 4.82. The summed E-state index contributed by atoms with van der Waals surface area (Å²) >= 11 is 0. The van der Waals surface area contributed by atoms with Gasteiger partial charge in [-0.25, -0.2) is 0 Å². The zero-order valence-corrected chi connectivity index (χ0v) is 10.8. The van der Waals surface area contributed by atoms with Gasteiger partial charge in [0.25, 0.3) is 0 Å². The van der Waals surface area contributed by atoms with Crippen LogP contribution < -0.4 is 9.64 Å². The van der Waals surface area contributed by atoms with Crippen molar-refractivity contribution in [3.05, 3.63) is 24.3 Å². The molecule has 0 radical (unpaired) electrons. The third-order valence-electron chi connectivity index (χ3n) is 3.32.